The molecule has 0 unspecified atom stereocenters. The lowest BCUT2D eigenvalue weighted by Gasteiger charge is -2.03. The number of allylic oxidation sites excluding steroid dienone is 1. The van der Waals surface area contributed by atoms with E-state index in [0.717, 1.165) is 22.7 Å². The average Bonchev–Trinajstić information content (AvgIpc) is 3.15. The van der Waals surface area contributed by atoms with Gasteiger partial charge in [-0.2, -0.15) is 5.26 Å². The zero-order chi connectivity index (χ0) is 18.5. The summed E-state index contributed by atoms with van der Waals surface area (Å²) in [7, 11) is 1.63. The number of aryl methyl sites for hydroxylation is 2. The molecule has 0 saturated carbocycles. The first-order chi connectivity index (χ1) is 12.6. The maximum absolute atomic E-state index is 9.49. The number of nitrogens with zero attached hydrogens (tertiary/aromatic N) is 2. The predicted octanol–water partition coefficient (Wildman–Crippen LogP) is 5.41. The molecule has 130 valence electrons. The molecule has 26 heavy (non-hydrogen) atoms. The van der Waals surface area contributed by atoms with E-state index in [1.54, 1.807) is 13.3 Å². The molecule has 0 amide bonds. The highest BCUT2D eigenvalue weighted by Gasteiger charge is 2.09. The third kappa shape index (κ3) is 3.93. The summed E-state index contributed by atoms with van der Waals surface area (Å²) in [5, 5.41) is 15.3. The Bertz CT molecular complexity index is 981. The van der Waals surface area contributed by atoms with Gasteiger partial charge in [-0.3, -0.25) is 0 Å². The van der Waals surface area contributed by atoms with E-state index in [1.165, 1.54) is 22.5 Å². The molecule has 0 spiro atoms. The summed E-state index contributed by atoms with van der Waals surface area (Å²) in [6.07, 6.45) is 1.69. The number of methoxy groups -OCH3 is 1. The van der Waals surface area contributed by atoms with Crippen LogP contribution in [0.3, 0.4) is 0 Å². The standard InChI is InChI=1S/C21H19N3OS/c1-14-4-5-16(10-15(14)2)20-13-26-21(24-20)17(11-22)12-23-18-6-8-19(25-3)9-7-18/h4-10,12-13,23H,1-3H3/b17-12+. The molecule has 0 fully saturated rings. The van der Waals surface area contributed by atoms with Crippen molar-refractivity contribution < 1.29 is 4.74 Å². The Morgan fingerprint density at radius 3 is 2.58 bits per heavy atom. The van der Waals surface area contributed by atoms with Crippen LogP contribution < -0.4 is 10.1 Å². The number of hydrogen-bond donors (Lipinski definition) is 1. The van der Waals surface area contributed by atoms with Gasteiger partial charge in [0.15, 0.2) is 0 Å². The number of benzene rings is 2. The molecule has 1 aromatic heterocycles. The predicted molar refractivity (Wildman–Crippen MR) is 107 cm³/mol. The number of anilines is 1. The number of aromatic nitrogens is 1. The molecule has 2 aromatic carbocycles. The molecule has 0 atom stereocenters. The topological polar surface area (TPSA) is 57.9 Å². The minimum absolute atomic E-state index is 0.501. The number of hydrogen-bond acceptors (Lipinski definition) is 5. The smallest absolute Gasteiger partial charge is 0.136 e. The lowest BCUT2D eigenvalue weighted by molar-refractivity contribution is 0.415. The number of nitriles is 1. The van der Waals surface area contributed by atoms with E-state index in [-0.39, 0.29) is 0 Å². The van der Waals surface area contributed by atoms with E-state index in [4.69, 9.17) is 4.74 Å². The fourth-order valence-corrected chi connectivity index (χ4v) is 3.21. The summed E-state index contributed by atoms with van der Waals surface area (Å²) in [4.78, 5) is 4.63. The van der Waals surface area contributed by atoms with Crippen molar-refractivity contribution in [3.8, 4) is 23.1 Å². The van der Waals surface area contributed by atoms with Crippen molar-refractivity contribution >= 4 is 22.6 Å². The fourth-order valence-electron chi connectivity index (χ4n) is 2.42. The molecule has 0 bridgehead atoms. The Labute approximate surface area is 157 Å². The monoisotopic (exact) mass is 361 g/mol. The molecule has 1 N–H and O–H groups in total. The van der Waals surface area contributed by atoms with Crippen LogP contribution in [0.2, 0.25) is 0 Å². The van der Waals surface area contributed by atoms with Crippen LogP contribution in [-0.4, -0.2) is 12.1 Å². The van der Waals surface area contributed by atoms with Gasteiger partial charge in [0.2, 0.25) is 0 Å². The van der Waals surface area contributed by atoms with Gasteiger partial charge in [0.25, 0.3) is 0 Å². The van der Waals surface area contributed by atoms with Crippen molar-refractivity contribution in [3.63, 3.8) is 0 Å². The van der Waals surface area contributed by atoms with Crippen LogP contribution in [0.25, 0.3) is 16.8 Å². The summed E-state index contributed by atoms with van der Waals surface area (Å²) >= 11 is 1.47. The van der Waals surface area contributed by atoms with E-state index in [9.17, 15) is 5.26 Å². The van der Waals surface area contributed by atoms with Crippen molar-refractivity contribution in [3.05, 3.63) is 70.2 Å². The van der Waals surface area contributed by atoms with Crippen molar-refractivity contribution in [1.82, 2.24) is 4.98 Å². The lowest BCUT2D eigenvalue weighted by atomic mass is 10.1. The zero-order valence-corrected chi connectivity index (χ0v) is 15.7. The maximum atomic E-state index is 9.49. The lowest BCUT2D eigenvalue weighted by Crippen LogP contribution is -1.91. The van der Waals surface area contributed by atoms with Crippen LogP contribution in [-0.2, 0) is 0 Å². The molecular formula is C21H19N3OS. The quantitative estimate of drug-likeness (QED) is 0.617. The molecule has 3 rings (SSSR count). The van der Waals surface area contributed by atoms with Crippen LogP contribution in [0.15, 0.2) is 54.0 Å². The number of rotatable bonds is 5. The van der Waals surface area contributed by atoms with E-state index < -0.39 is 0 Å². The van der Waals surface area contributed by atoms with Crippen molar-refractivity contribution in [2.75, 3.05) is 12.4 Å². The Hall–Kier alpha value is -3.10. The molecular weight excluding hydrogens is 342 g/mol. The molecule has 4 nitrogen and oxygen atoms in total. The first-order valence-corrected chi connectivity index (χ1v) is 9.03. The van der Waals surface area contributed by atoms with Gasteiger partial charge in [0.1, 0.15) is 22.4 Å². The summed E-state index contributed by atoms with van der Waals surface area (Å²) in [5.74, 6) is 0.790. The van der Waals surface area contributed by atoms with Crippen LogP contribution >= 0.6 is 11.3 Å². The highest BCUT2D eigenvalue weighted by molar-refractivity contribution is 7.11. The zero-order valence-electron chi connectivity index (χ0n) is 14.9. The molecule has 0 aliphatic rings. The summed E-state index contributed by atoms with van der Waals surface area (Å²) in [5.41, 5.74) is 5.82. The van der Waals surface area contributed by atoms with E-state index in [1.807, 2.05) is 29.6 Å². The third-order valence-corrected chi connectivity index (χ3v) is 5.01. The Morgan fingerprint density at radius 1 is 1.15 bits per heavy atom. The first-order valence-electron chi connectivity index (χ1n) is 8.15. The SMILES string of the molecule is COc1ccc(N/C=C(\C#N)c2nc(-c3ccc(C)c(C)c3)cs2)cc1. The van der Waals surface area contributed by atoms with Crippen LogP contribution in [0.1, 0.15) is 16.1 Å². The minimum Gasteiger partial charge on any atom is -0.497 e. The average molecular weight is 361 g/mol. The number of nitrogens with one attached hydrogen (secondary N) is 1. The number of thiazole rings is 1. The second kappa shape index (κ2) is 7.85. The molecule has 0 radical (unpaired) electrons. The fraction of sp³-hybridized carbons (Fsp3) is 0.143. The van der Waals surface area contributed by atoms with Gasteiger partial charge in [0.05, 0.1) is 12.8 Å². The molecule has 0 aliphatic carbocycles. The van der Waals surface area contributed by atoms with Gasteiger partial charge in [0, 0.05) is 22.8 Å². The normalized spacial score (nSPS) is 11.1. The van der Waals surface area contributed by atoms with Gasteiger partial charge in [-0.15, -0.1) is 11.3 Å². The number of ether oxygens (including phenoxy) is 1. The second-order valence-electron chi connectivity index (χ2n) is 5.88. The van der Waals surface area contributed by atoms with Gasteiger partial charge in [-0.1, -0.05) is 12.1 Å². The largest absolute Gasteiger partial charge is 0.497 e. The van der Waals surface area contributed by atoms with Gasteiger partial charge in [-0.25, -0.2) is 4.98 Å². The molecule has 0 saturated heterocycles. The van der Waals surface area contributed by atoms with Crippen LogP contribution in [0.4, 0.5) is 5.69 Å². The molecule has 5 heteroatoms. The van der Waals surface area contributed by atoms with Crippen LogP contribution in [0.5, 0.6) is 5.75 Å². The highest BCUT2D eigenvalue weighted by atomic mass is 32.1. The molecule has 1 heterocycles. The summed E-state index contributed by atoms with van der Waals surface area (Å²) in [6.45, 7) is 4.18. The van der Waals surface area contributed by atoms with Gasteiger partial charge >= 0.3 is 0 Å². The summed E-state index contributed by atoms with van der Waals surface area (Å²) in [6, 6.07) is 16.0. The Kier molecular flexibility index (Phi) is 5.35. The maximum Gasteiger partial charge on any atom is 0.136 e. The van der Waals surface area contributed by atoms with Crippen molar-refractivity contribution in [1.29, 1.82) is 5.26 Å². The third-order valence-electron chi connectivity index (χ3n) is 4.13. The first kappa shape index (κ1) is 17.7. The van der Waals surface area contributed by atoms with E-state index >= 15 is 0 Å². The minimum atomic E-state index is 0.501. The molecule has 0 aliphatic heterocycles. The summed E-state index contributed by atoms with van der Waals surface area (Å²) < 4.78 is 5.14. The highest BCUT2D eigenvalue weighted by Crippen LogP contribution is 2.27. The van der Waals surface area contributed by atoms with Gasteiger partial charge in [-0.05, 0) is 55.3 Å². The second-order valence-corrected chi connectivity index (χ2v) is 6.74. The Morgan fingerprint density at radius 2 is 1.92 bits per heavy atom. The van der Waals surface area contributed by atoms with E-state index in [2.05, 4.69) is 48.4 Å². The van der Waals surface area contributed by atoms with Crippen LogP contribution in [0, 0.1) is 25.2 Å². The van der Waals surface area contributed by atoms with Crippen molar-refractivity contribution in [2.45, 2.75) is 13.8 Å². The van der Waals surface area contributed by atoms with E-state index in [0.29, 0.717) is 10.6 Å². The molecule has 3 aromatic rings. The van der Waals surface area contributed by atoms with Crippen molar-refractivity contribution in [2.24, 2.45) is 0 Å². The van der Waals surface area contributed by atoms with Gasteiger partial charge < -0.3 is 10.1 Å². The Balaban J connectivity index is 1.81.